The van der Waals surface area contributed by atoms with Crippen LogP contribution in [0.3, 0.4) is 0 Å². The summed E-state index contributed by atoms with van der Waals surface area (Å²) in [6.45, 7) is 0.592. The van der Waals surface area contributed by atoms with Gasteiger partial charge in [0.1, 0.15) is 11.6 Å². The minimum atomic E-state index is -4.48. The number of allylic oxidation sites excluding steroid dienone is 2. The zero-order valence-electron chi connectivity index (χ0n) is 14.7. The lowest BCUT2D eigenvalue weighted by Gasteiger charge is -2.14. The quantitative estimate of drug-likeness (QED) is 0.833. The molecule has 2 aromatic rings. The topological polar surface area (TPSA) is 60.7 Å². The number of methoxy groups -OCH3 is 1. The molecule has 6 nitrogen and oxygen atoms in total. The van der Waals surface area contributed by atoms with Crippen LogP contribution in [0, 0.1) is 0 Å². The number of thioether (sulfide) groups is 1. The van der Waals surface area contributed by atoms with Crippen molar-refractivity contribution in [3.05, 3.63) is 65.1 Å². The minimum absolute atomic E-state index is 0.202. The molecule has 0 aliphatic carbocycles. The van der Waals surface area contributed by atoms with Crippen molar-refractivity contribution in [1.29, 1.82) is 0 Å². The van der Waals surface area contributed by atoms with E-state index in [0.717, 1.165) is 17.5 Å². The van der Waals surface area contributed by atoms with E-state index < -0.39 is 11.7 Å². The molecule has 0 atom stereocenters. The second-order valence-corrected chi connectivity index (χ2v) is 6.94. The van der Waals surface area contributed by atoms with Crippen molar-refractivity contribution in [1.82, 2.24) is 15.0 Å². The summed E-state index contributed by atoms with van der Waals surface area (Å²) in [6.07, 6.45) is 2.88. The molecular weight excluding hydrogens is 393 g/mol. The molecule has 2 aliphatic rings. The van der Waals surface area contributed by atoms with Crippen molar-refractivity contribution in [3.8, 4) is 5.75 Å². The number of hydrazone groups is 1. The maximum absolute atomic E-state index is 13.1. The number of fused-ring (bicyclic) bond motifs is 1. The zero-order chi connectivity index (χ0) is 19.7. The van der Waals surface area contributed by atoms with Crippen molar-refractivity contribution < 1.29 is 22.6 Å². The lowest BCUT2D eigenvalue weighted by molar-refractivity contribution is -0.138. The fraction of sp³-hybridized carbons (Fsp3) is 0.222. The molecule has 4 rings (SSSR count). The van der Waals surface area contributed by atoms with Crippen molar-refractivity contribution >= 4 is 23.1 Å². The molecule has 10 heteroatoms. The van der Waals surface area contributed by atoms with E-state index in [2.05, 4.69) is 15.5 Å². The molecule has 1 N–H and O–H groups in total. The van der Waals surface area contributed by atoms with Crippen LogP contribution in [0.1, 0.15) is 17.0 Å². The molecule has 0 bridgehead atoms. The number of nitrogens with one attached hydrogen (secondary N) is 1. The third kappa shape index (κ3) is 3.72. The van der Waals surface area contributed by atoms with Gasteiger partial charge in [0, 0.05) is 23.7 Å². The first-order valence-corrected chi connectivity index (χ1v) is 9.23. The first kappa shape index (κ1) is 18.5. The third-order valence-corrected chi connectivity index (χ3v) is 5.08. The van der Waals surface area contributed by atoms with E-state index in [1.807, 2.05) is 22.9 Å². The summed E-state index contributed by atoms with van der Waals surface area (Å²) in [5.41, 5.74) is 3.42. The number of nitrogens with zero attached hydrogens (tertiary/aromatic N) is 3. The molecule has 0 saturated carbocycles. The van der Waals surface area contributed by atoms with Gasteiger partial charge in [0.05, 0.1) is 19.2 Å². The van der Waals surface area contributed by atoms with Crippen LogP contribution in [0.5, 0.6) is 5.75 Å². The Morgan fingerprint density at radius 1 is 1.32 bits per heavy atom. The molecule has 0 unspecified atom stereocenters. The number of benzene rings is 1. The molecule has 3 heterocycles. The number of ether oxygens (including phenoxy) is 2. The van der Waals surface area contributed by atoms with E-state index in [9.17, 15) is 13.2 Å². The Kier molecular flexibility index (Phi) is 4.80. The summed E-state index contributed by atoms with van der Waals surface area (Å²) in [5, 5.41) is 4.44. The van der Waals surface area contributed by atoms with Gasteiger partial charge in [0.2, 0.25) is 5.88 Å². The number of alkyl halides is 3. The Morgan fingerprint density at radius 2 is 2.18 bits per heavy atom. The van der Waals surface area contributed by atoms with Crippen molar-refractivity contribution in [3.63, 3.8) is 0 Å². The maximum Gasteiger partial charge on any atom is 0.419 e. The molecule has 0 spiro atoms. The van der Waals surface area contributed by atoms with E-state index in [1.165, 1.54) is 24.9 Å². The second kappa shape index (κ2) is 7.27. The SMILES string of the molecule is COc1ccc(CSC2=NN/C(=C3\C=Cc4nccn4C3)O2)cc1C(F)(F)F. The molecule has 1 aromatic carbocycles. The van der Waals surface area contributed by atoms with Gasteiger partial charge in [-0.25, -0.2) is 10.4 Å². The third-order valence-electron chi connectivity index (χ3n) is 4.18. The van der Waals surface area contributed by atoms with Gasteiger partial charge in [-0.05, 0) is 29.8 Å². The standard InChI is InChI=1S/C18H15F3N4O2S/c1-26-14-4-2-11(8-13(14)18(19,20)21)10-28-17-24-23-16(27-17)12-3-5-15-22-6-7-25(15)9-12/h2-8,23H,9-10H2,1H3/b16-12-. The summed E-state index contributed by atoms with van der Waals surface area (Å²) in [7, 11) is 1.22. The van der Waals surface area contributed by atoms with Crippen molar-refractivity contribution in [2.24, 2.45) is 5.10 Å². The van der Waals surface area contributed by atoms with Gasteiger partial charge in [0.25, 0.3) is 5.23 Å². The van der Waals surface area contributed by atoms with Gasteiger partial charge < -0.3 is 14.0 Å². The number of halogens is 3. The minimum Gasteiger partial charge on any atom is -0.496 e. The Hall–Kier alpha value is -2.88. The van der Waals surface area contributed by atoms with Crippen molar-refractivity contribution in [2.75, 3.05) is 7.11 Å². The average Bonchev–Trinajstić information content (AvgIpc) is 3.34. The molecule has 0 radical (unpaired) electrons. The zero-order valence-corrected chi connectivity index (χ0v) is 15.5. The first-order chi connectivity index (χ1) is 13.4. The normalized spacial score (nSPS) is 18.4. The lowest BCUT2D eigenvalue weighted by Crippen LogP contribution is -2.12. The highest BCUT2D eigenvalue weighted by Gasteiger charge is 2.34. The van der Waals surface area contributed by atoms with E-state index >= 15 is 0 Å². The Labute approximate surface area is 162 Å². The number of hydrogen-bond acceptors (Lipinski definition) is 6. The summed E-state index contributed by atoms with van der Waals surface area (Å²) in [5.74, 6) is 1.44. The Morgan fingerprint density at radius 3 is 2.96 bits per heavy atom. The summed E-state index contributed by atoms with van der Waals surface area (Å²) < 4.78 is 51.9. The molecule has 0 saturated heterocycles. The monoisotopic (exact) mass is 408 g/mol. The van der Waals surface area contributed by atoms with E-state index in [4.69, 9.17) is 9.47 Å². The molecule has 1 aromatic heterocycles. The van der Waals surface area contributed by atoms with Gasteiger partial charge >= 0.3 is 6.18 Å². The fourth-order valence-electron chi connectivity index (χ4n) is 2.81. The number of hydrogen-bond donors (Lipinski definition) is 1. The highest BCUT2D eigenvalue weighted by atomic mass is 32.2. The van der Waals surface area contributed by atoms with Crippen LogP contribution in [-0.2, 0) is 23.2 Å². The van der Waals surface area contributed by atoms with Gasteiger partial charge in [0.15, 0.2) is 0 Å². The van der Waals surface area contributed by atoms with Crippen LogP contribution >= 0.6 is 11.8 Å². The largest absolute Gasteiger partial charge is 0.496 e. The van der Waals surface area contributed by atoms with Gasteiger partial charge in [-0.3, -0.25) is 0 Å². The van der Waals surface area contributed by atoms with Crippen LogP contribution in [0.25, 0.3) is 6.08 Å². The van der Waals surface area contributed by atoms with Crippen molar-refractivity contribution in [2.45, 2.75) is 18.5 Å². The summed E-state index contributed by atoms with van der Waals surface area (Å²) >= 11 is 1.20. The number of aromatic nitrogens is 2. The van der Waals surface area contributed by atoms with Gasteiger partial charge in [-0.15, -0.1) is 5.10 Å². The van der Waals surface area contributed by atoms with Crippen LogP contribution in [0.15, 0.2) is 53.2 Å². The maximum atomic E-state index is 13.1. The Balaban J connectivity index is 1.41. The molecular formula is C18H15F3N4O2S. The highest BCUT2D eigenvalue weighted by molar-refractivity contribution is 8.12. The number of imidazole rings is 1. The first-order valence-electron chi connectivity index (χ1n) is 8.25. The summed E-state index contributed by atoms with van der Waals surface area (Å²) in [6, 6.07) is 3.99. The Bertz CT molecular complexity index is 995. The highest BCUT2D eigenvalue weighted by Crippen LogP contribution is 2.37. The second-order valence-electron chi connectivity index (χ2n) is 6.01. The molecule has 0 amide bonds. The van der Waals surface area contributed by atoms with Gasteiger partial charge in [-0.2, -0.15) is 13.2 Å². The number of rotatable bonds is 3. The summed E-state index contributed by atoms with van der Waals surface area (Å²) in [4.78, 5) is 4.20. The van der Waals surface area contributed by atoms with Crippen LogP contribution in [0.2, 0.25) is 0 Å². The average molecular weight is 408 g/mol. The molecule has 0 fully saturated rings. The molecule has 2 aliphatic heterocycles. The fourth-order valence-corrected chi connectivity index (χ4v) is 3.53. The molecule has 28 heavy (non-hydrogen) atoms. The van der Waals surface area contributed by atoms with E-state index in [0.29, 0.717) is 23.2 Å². The van der Waals surface area contributed by atoms with Crippen LogP contribution in [-0.4, -0.2) is 21.9 Å². The van der Waals surface area contributed by atoms with Crippen LogP contribution < -0.4 is 10.2 Å². The van der Waals surface area contributed by atoms with E-state index in [1.54, 1.807) is 12.3 Å². The van der Waals surface area contributed by atoms with Crippen LogP contribution in [0.4, 0.5) is 13.2 Å². The molecule has 146 valence electrons. The smallest absolute Gasteiger partial charge is 0.419 e. The lowest BCUT2D eigenvalue weighted by atomic mass is 10.1. The van der Waals surface area contributed by atoms with Gasteiger partial charge in [-0.1, -0.05) is 17.8 Å². The predicted molar refractivity (Wildman–Crippen MR) is 99.2 cm³/mol. The predicted octanol–water partition coefficient (Wildman–Crippen LogP) is 3.97. The van der Waals surface area contributed by atoms with E-state index in [-0.39, 0.29) is 11.5 Å².